The van der Waals surface area contributed by atoms with Gasteiger partial charge in [0.1, 0.15) is 10.6 Å². The van der Waals surface area contributed by atoms with Crippen molar-refractivity contribution < 1.29 is 27.3 Å². The molecule has 4 rings (SSSR count). The molecule has 0 heterocycles. The molecule has 158 valence electrons. The molecule has 0 radical (unpaired) electrons. The van der Waals surface area contributed by atoms with E-state index in [-0.39, 0.29) is 27.9 Å². The molecule has 3 aromatic rings. The number of methoxy groups -OCH3 is 1. The van der Waals surface area contributed by atoms with Gasteiger partial charge >= 0.3 is 0 Å². The van der Waals surface area contributed by atoms with Gasteiger partial charge in [0.25, 0.3) is 10.1 Å². The first-order chi connectivity index (χ1) is 14.6. The largest absolute Gasteiger partial charge is 0.495 e. The summed E-state index contributed by atoms with van der Waals surface area (Å²) in [5.41, 5.74) is 11.9. The fourth-order valence-corrected chi connectivity index (χ4v) is 4.22. The van der Waals surface area contributed by atoms with E-state index in [1.807, 2.05) is 0 Å². The van der Waals surface area contributed by atoms with Crippen LogP contribution in [0.25, 0.3) is 0 Å². The number of hydrogen-bond donors (Lipinski definition) is 4. The quantitative estimate of drug-likeness (QED) is 0.276. The van der Waals surface area contributed by atoms with Gasteiger partial charge in [-0.2, -0.15) is 8.42 Å². The SMILES string of the molecule is COc1ccc(Nc2cc(S(=O)(=O)O)c(N)c3c2C(=O)c2ccccc2C3=O)cc1N. The van der Waals surface area contributed by atoms with Gasteiger partial charge in [-0.15, -0.1) is 0 Å². The highest BCUT2D eigenvalue weighted by Crippen LogP contribution is 2.40. The number of carbonyl (C=O) groups excluding carboxylic acids is 2. The second-order valence-electron chi connectivity index (χ2n) is 6.85. The zero-order valence-electron chi connectivity index (χ0n) is 16.2. The van der Waals surface area contributed by atoms with Gasteiger partial charge in [-0.1, -0.05) is 24.3 Å². The van der Waals surface area contributed by atoms with Gasteiger partial charge in [0.05, 0.1) is 35.3 Å². The Morgan fingerprint density at radius 2 is 1.55 bits per heavy atom. The molecule has 0 aliphatic heterocycles. The van der Waals surface area contributed by atoms with Crippen molar-refractivity contribution in [3.8, 4) is 5.75 Å². The van der Waals surface area contributed by atoms with E-state index in [0.29, 0.717) is 17.1 Å². The van der Waals surface area contributed by atoms with Crippen LogP contribution in [0, 0.1) is 0 Å². The van der Waals surface area contributed by atoms with Crippen LogP contribution in [0.2, 0.25) is 0 Å². The summed E-state index contributed by atoms with van der Waals surface area (Å²) in [7, 11) is -3.34. The zero-order valence-corrected chi connectivity index (χ0v) is 17.0. The number of nitrogens with two attached hydrogens (primary N) is 2. The first-order valence-corrected chi connectivity index (χ1v) is 10.4. The van der Waals surface area contributed by atoms with Gasteiger partial charge in [0.2, 0.25) is 0 Å². The monoisotopic (exact) mass is 439 g/mol. The Morgan fingerprint density at radius 1 is 0.935 bits per heavy atom. The van der Waals surface area contributed by atoms with Crippen LogP contribution >= 0.6 is 0 Å². The molecule has 3 aromatic carbocycles. The zero-order chi connectivity index (χ0) is 22.5. The van der Waals surface area contributed by atoms with Crippen LogP contribution in [0.4, 0.5) is 22.7 Å². The minimum atomic E-state index is -4.79. The van der Waals surface area contributed by atoms with Gasteiger partial charge in [0.15, 0.2) is 11.6 Å². The van der Waals surface area contributed by atoms with Crippen LogP contribution in [-0.2, 0) is 10.1 Å². The van der Waals surface area contributed by atoms with Crippen LogP contribution in [0.1, 0.15) is 31.8 Å². The van der Waals surface area contributed by atoms with Gasteiger partial charge < -0.3 is 21.5 Å². The molecular weight excluding hydrogens is 422 g/mol. The van der Waals surface area contributed by atoms with E-state index in [0.717, 1.165) is 6.07 Å². The number of fused-ring (bicyclic) bond motifs is 2. The van der Waals surface area contributed by atoms with E-state index in [4.69, 9.17) is 16.2 Å². The highest BCUT2D eigenvalue weighted by atomic mass is 32.2. The lowest BCUT2D eigenvalue weighted by atomic mass is 9.82. The highest BCUT2D eigenvalue weighted by Gasteiger charge is 2.36. The van der Waals surface area contributed by atoms with E-state index in [9.17, 15) is 22.6 Å². The minimum absolute atomic E-state index is 0.0192. The number of nitrogen functional groups attached to an aromatic ring is 2. The molecule has 0 saturated carbocycles. The Labute approximate surface area is 177 Å². The van der Waals surface area contributed by atoms with Crippen molar-refractivity contribution >= 4 is 44.4 Å². The molecular formula is C21H17N3O6S. The lowest BCUT2D eigenvalue weighted by Gasteiger charge is -2.23. The van der Waals surface area contributed by atoms with Crippen LogP contribution < -0.4 is 21.5 Å². The van der Waals surface area contributed by atoms with Crippen molar-refractivity contribution in [2.24, 2.45) is 0 Å². The predicted molar refractivity (Wildman–Crippen MR) is 115 cm³/mol. The van der Waals surface area contributed by atoms with Crippen molar-refractivity contribution in [2.45, 2.75) is 4.90 Å². The fourth-order valence-electron chi connectivity index (χ4n) is 3.57. The average Bonchev–Trinajstić information content (AvgIpc) is 2.72. The molecule has 0 amide bonds. The molecule has 0 fully saturated rings. The van der Waals surface area contributed by atoms with Crippen molar-refractivity contribution in [1.29, 1.82) is 0 Å². The van der Waals surface area contributed by atoms with Crippen molar-refractivity contribution in [2.75, 3.05) is 23.9 Å². The first-order valence-electron chi connectivity index (χ1n) is 8.96. The number of hydrogen-bond acceptors (Lipinski definition) is 8. The molecule has 0 atom stereocenters. The fraction of sp³-hybridized carbons (Fsp3) is 0.0476. The van der Waals surface area contributed by atoms with Crippen LogP contribution in [-0.4, -0.2) is 31.6 Å². The Balaban J connectivity index is 1.99. The third-order valence-corrected chi connectivity index (χ3v) is 5.88. The topological polar surface area (TPSA) is 162 Å². The van der Waals surface area contributed by atoms with Crippen LogP contribution in [0.3, 0.4) is 0 Å². The maximum absolute atomic E-state index is 13.2. The summed E-state index contributed by atoms with van der Waals surface area (Å²) in [6.45, 7) is 0. The van der Waals surface area contributed by atoms with Crippen molar-refractivity contribution in [3.05, 3.63) is 70.8 Å². The van der Waals surface area contributed by atoms with Crippen molar-refractivity contribution in [1.82, 2.24) is 0 Å². The number of carbonyl (C=O) groups is 2. The smallest absolute Gasteiger partial charge is 0.296 e. The molecule has 1 aliphatic carbocycles. The van der Waals surface area contributed by atoms with E-state index >= 15 is 0 Å². The Morgan fingerprint density at radius 3 is 2.10 bits per heavy atom. The maximum Gasteiger partial charge on any atom is 0.296 e. The summed E-state index contributed by atoms with van der Waals surface area (Å²) in [4.78, 5) is 25.7. The molecule has 0 unspecified atom stereocenters. The molecule has 0 bridgehead atoms. The number of rotatable bonds is 4. The molecule has 0 aromatic heterocycles. The normalized spacial score (nSPS) is 12.8. The molecule has 9 nitrogen and oxygen atoms in total. The number of nitrogens with one attached hydrogen (secondary N) is 1. The molecule has 31 heavy (non-hydrogen) atoms. The first kappa shape index (κ1) is 20.4. The molecule has 0 spiro atoms. The van der Waals surface area contributed by atoms with E-state index in [1.165, 1.54) is 25.3 Å². The second-order valence-corrected chi connectivity index (χ2v) is 8.24. The molecule has 6 N–H and O–H groups in total. The predicted octanol–water partition coefficient (Wildman–Crippen LogP) is 2.63. The summed E-state index contributed by atoms with van der Waals surface area (Å²) in [6, 6.07) is 11.8. The summed E-state index contributed by atoms with van der Waals surface area (Å²) in [6.07, 6.45) is 0. The number of ketones is 2. The third-order valence-electron chi connectivity index (χ3n) is 4.99. The van der Waals surface area contributed by atoms with Gasteiger partial charge in [0, 0.05) is 16.8 Å². The average molecular weight is 439 g/mol. The van der Waals surface area contributed by atoms with Crippen LogP contribution in [0.5, 0.6) is 5.75 Å². The lowest BCUT2D eigenvalue weighted by Crippen LogP contribution is -2.25. The third kappa shape index (κ3) is 3.27. The van der Waals surface area contributed by atoms with Gasteiger partial charge in [-0.3, -0.25) is 14.1 Å². The van der Waals surface area contributed by atoms with E-state index in [1.54, 1.807) is 24.3 Å². The summed E-state index contributed by atoms with van der Waals surface area (Å²) in [5, 5.41) is 2.91. The number of benzene rings is 3. The Bertz CT molecular complexity index is 1380. The van der Waals surface area contributed by atoms with Gasteiger partial charge in [-0.05, 0) is 24.3 Å². The van der Waals surface area contributed by atoms with E-state index in [2.05, 4.69) is 5.32 Å². The standard InChI is InChI=1S/C21H17N3O6S/c1-30-15-7-6-10(8-13(15)22)24-14-9-16(31(27,28)29)19(23)18-17(14)20(25)11-4-2-3-5-12(11)21(18)26/h2-9,24H,22-23H2,1H3,(H,27,28,29). The summed E-state index contributed by atoms with van der Waals surface area (Å²) < 4.78 is 38.6. The maximum atomic E-state index is 13.2. The summed E-state index contributed by atoms with van der Waals surface area (Å²) in [5.74, 6) is -0.711. The minimum Gasteiger partial charge on any atom is -0.495 e. The lowest BCUT2D eigenvalue weighted by molar-refractivity contribution is 0.0980. The Hall–Kier alpha value is -3.89. The highest BCUT2D eigenvalue weighted by molar-refractivity contribution is 7.86. The molecule has 0 saturated heterocycles. The number of anilines is 4. The molecule has 10 heteroatoms. The Kier molecular flexibility index (Phi) is 4.68. The number of ether oxygens (including phenoxy) is 1. The van der Waals surface area contributed by atoms with Crippen LogP contribution in [0.15, 0.2) is 53.4 Å². The van der Waals surface area contributed by atoms with Crippen molar-refractivity contribution in [3.63, 3.8) is 0 Å². The second kappa shape index (κ2) is 7.11. The van der Waals surface area contributed by atoms with Gasteiger partial charge in [-0.25, -0.2) is 0 Å². The summed E-state index contributed by atoms with van der Waals surface area (Å²) >= 11 is 0. The van der Waals surface area contributed by atoms with E-state index < -0.39 is 32.3 Å². The molecule has 1 aliphatic rings.